The van der Waals surface area contributed by atoms with Crippen LogP contribution < -0.4 is 5.32 Å². The molecule has 0 radical (unpaired) electrons. The van der Waals surface area contributed by atoms with Gasteiger partial charge in [-0.2, -0.15) is 0 Å². The molecule has 5 nitrogen and oxygen atoms in total. The first kappa shape index (κ1) is 17.1. The van der Waals surface area contributed by atoms with E-state index < -0.39 is 5.97 Å². The maximum absolute atomic E-state index is 11.7. The molecule has 0 aliphatic rings. The average molecular weight is 292 g/mol. The SMILES string of the molecule is CCCCCCCCCC(=O)Nc1cccc(C(=O)O)n1. The van der Waals surface area contributed by atoms with E-state index in [9.17, 15) is 9.59 Å². The van der Waals surface area contributed by atoms with Crippen LogP contribution in [0.5, 0.6) is 0 Å². The number of carbonyl (C=O) groups is 2. The highest BCUT2D eigenvalue weighted by Gasteiger charge is 2.07. The lowest BCUT2D eigenvalue weighted by Gasteiger charge is -2.05. The quantitative estimate of drug-likeness (QED) is 0.642. The van der Waals surface area contributed by atoms with Gasteiger partial charge in [-0.05, 0) is 18.6 Å². The van der Waals surface area contributed by atoms with E-state index in [4.69, 9.17) is 5.11 Å². The summed E-state index contributed by atoms with van der Waals surface area (Å²) >= 11 is 0. The summed E-state index contributed by atoms with van der Waals surface area (Å²) in [7, 11) is 0. The van der Waals surface area contributed by atoms with Crippen molar-refractivity contribution in [3.05, 3.63) is 23.9 Å². The summed E-state index contributed by atoms with van der Waals surface area (Å²) < 4.78 is 0. The molecule has 1 amide bonds. The first-order valence-electron chi connectivity index (χ1n) is 7.63. The first-order chi connectivity index (χ1) is 10.1. The van der Waals surface area contributed by atoms with Crippen LogP contribution >= 0.6 is 0 Å². The minimum absolute atomic E-state index is 0.0660. The number of carboxylic acid groups (broad SMARTS) is 1. The Hall–Kier alpha value is -1.91. The Labute approximate surface area is 125 Å². The van der Waals surface area contributed by atoms with Crippen molar-refractivity contribution in [3.63, 3.8) is 0 Å². The van der Waals surface area contributed by atoms with E-state index in [2.05, 4.69) is 17.2 Å². The second kappa shape index (κ2) is 9.91. The Morgan fingerprint density at radius 1 is 1.10 bits per heavy atom. The molecule has 2 N–H and O–H groups in total. The fourth-order valence-electron chi connectivity index (χ4n) is 2.07. The number of pyridine rings is 1. The topological polar surface area (TPSA) is 79.3 Å². The zero-order valence-electron chi connectivity index (χ0n) is 12.6. The number of carbonyl (C=O) groups excluding carboxylic acids is 1. The monoisotopic (exact) mass is 292 g/mol. The molecule has 0 bridgehead atoms. The molecule has 0 unspecified atom stereocenters. The first-order valence-corrected chi connectivity index (χ1v) is 7.63. The van der Waals surface area contributed by atoms with Crippen molar-refractivity contribution in [2.75, 3.05) is 5.32 Å². The smallest absolute Gasteiger partial charge is 0.354 e. The van der Waals surface area contributed by atoms with Gasteiger partial charge in [-0.25, -0.2) is 9.78 Å². The molecule has 1 aromatic heterocycles. The number of hydrogen-bond donors (Lipinski definition) is 2. The van der Waals surface area contributed by atoms with Crippen LogP contribution in [0.4, 0.5) is 5.82 Å². The molecule has 1 aromatic rings. The molecule has 0 aromatic carbocycles. The summed E-state index contributed by atoms with van der Waals surface area (Å²) in [6, 6.07) is 4.56. The number of nitrogens with one attached hydrogen (secondary N) is 1. The highest BCUT2D eigenvalue weighted by molar-refractivity contribution is 5.91. The highest BCUT2D eigenvalue weighted by atomic mass is 16.4. The molecule has 0 aliphatic heterocycles. The van der Waals surface area contributed by atoms with Crippen LogP contribution in [0.2, 0.25) is 0 Å². The minimum atomic E-state index is -1.10. The van der Waals surface area contributed by atoms with Crippen molar-refractivity contribution < 1.29 is 14.7 Å². The summed E-state index contributed by atoms with van der Waals surface area (Å²) in [5, 5.41) is 11.5. The van der Waals surface area contributed by atoms with Gasteiger partial charge in [0.1, 0.15) is 5.82 Å². The van der Waals surface area contributed by atoms with Crippen molar-refractivity contribution in [2.24, 2.45) is 0 Å². The Balaban J connectivity index is 2.21. The number of rotatable bonds is 10. The standard InChI is InChI=1S/C16H24N2O3/c1-2-3-4-5-6-7-8-12-15(19)18-14-11-9-10-13(17-14)16(20)21/h9-11H,2-8,12H2,1H3,(H,20,21)(H,17,18,19). The Kier molecular flexibility index (Phi) is 8.09. The Bertz CT molecular complexity index is 461. The van der Waals surface area contributed by atoms with Crippen LogP contribution in [0, 0.1) is 0 Å². The van der Waals surface area contributed by atoms with Gasteiger partial charge in [0.05, 0.1) is 0 Å². The number of anilines is 1. The van der Waals surface area contributed by atoms with Crippen molar-refractivity contribution in [1.29, 1.82) is 0 Å². The van der Waals surface area contributed by atoms with E-state index in [1.807, 2.05) is 0 Å². The van der Waals surface area contributed by atoms with Crippen LogP contribution in [0.1, 0.15) is 68.8 Å². The molecule has 0 saturated carbocycles. The average Bonchev–Trinajstić information content (AvgIpc) is 2.46. The lowest BCUT2D eigenvalue weighted by molar-refractivity contribution is -0.116. The summed E-state index contributed by atoms with van der Waals surface area (Å²) in [6.45, 7) is 2.19. The van der Waals surface area contributed by atoms with E-state index in [1.165, 1.54) is 38.2 Å². The number of unbranched alkanes of at least 4 members (excludes halogenated alkanes) is 6. The molecule has 5 heteroatoms. The third-order valence-corrected chi connectivity index (χ3v) is 3.24. The lowest BCUT2D eigenvalue weighted by atomic mass is 10.1. The molecule has 116 valence electrons. The van der Waals surface area contributed by atoms with Gasteiger partial charge in [0.25, 0.3) is 0 Å². The summed E-state index contributed by atoms with van der Waals surface area (Å²) in [5.74, 6) is -0.917. The van der Waals surface area contributed by atoms with E-state index in [0.29, 0.717) is 12.2 Å². The van der Waals surface area contributed by atoms with Crippen LogP contribution in [0.25, 0.3) is 0 Å². The van der Waals surface area contributed by atoms with Gasteiger partial charge in [0, 0.05) is 6.42 Å². The van der Waals surface area contributed by atoms with E-state index in [1.54, 1.807) is 12.1 Å². The van der Waals surface area contributed by atoms with Crippen molar-refractivity contribution in [3.8, 4) is 0 Å². The second-order valence-corrected chi connectivity index (χ2v) is 5.13. The second-order valence-electron chi connectivity index (χ2n) is 5.13. The normalized spacial score (nSPS) is 10.3. The molecule has 0 atom stereocenters. The lowest BCUT2D eigenvalue weighted by Crippen LogP contribution is -2.13. The summed E-state index contributed by atoms with van der Waals surface area (Å²) in [5.41, 5.74) is -0.0660. The molecule has 0 spiro atoms. The van der Waals surface area contributed by atoms with Gasteiger partial charge in [-0.3, -0.25) is 4.79 Å². The van der Waals surface area contributed by atoms with Crippen LogP contribution in [-0.4, -0.2) is 22.0 Å². The number of carboxylic acids is 1. The van der Waals surface area contributed by atoms with Crippen LogP contribution in [0.15, 0.2) is 18.2 Å². The van der Waals surface area contributed by atoms with Gasteiger partial charge in [-0.1, -0.05) is 51.5 Å². The van der Waals surface area contributed by atoms with Crippen molar-refractivity contribution in [1.82, 2.24) is 4.98 Å². The maximum atomic E-state index is 11.7. The van der Waals surface area contributed by atoms with E-state index >= 15 is 0 Å². The molecule has 0 fully saturated rings. The van der Waals surface area contributed by atoms with Gasteiger partial charge in [0.15, 0.2) is 5.69 Å². The molecule has 1 rings (SSSR count). The minimum Gasteiger partial charge on any atom is -0.477 e. The molecular formula is C16H24N2O3. The Morgan fingerprint density at radius 2 is 1.76 bits per heavy atom. The Morgan fingerprint density at radius 3 is 2.43 bits per heavy atom. The predicted molar refractivity (Wildman–Crippen MR) is 82.4 cm³/mol. The summed E-state index contributed by atoms with van der Waals surface area (Å²) in [4.78, 5) is 26.4. The summed E-state index contributed by atoms with van der Waals surface area (Å²) in [6.07, 6.45) is 8.56. The number of nitrogens with zero attached hydrogens (tertiary/aromatic N) is 1. The van der Waals surface area contributed by atoms with Crippen LogP contribution in [0.3, 0.4) is 0 Å². The largest absolute Gasteiger partial charge is 0.477 e. The van der Waals surface area contributed by atoms with Gasteiger partial charge >= 0.3 is 5.97 Å². The maximum Gasteiger partial charge on any atom is 0.354 e. The van der Waals surface area contributed by atoms with Crippen molar-refractivity contribution >= 4 is 17.7 Å². The molecule has 1 heterocycles. The third-order valence-electron chi connectivity index (χ3n) is 3.24. The number of aromatic carboxylic acids is 1. The zero-order valence-corrected chi connectivity index (χ0v) is 12.6. The third kappa shape index (κ3) is 7.44. The highest BCUT2D eigenvalue weighted by Crippen LogP contribution is 2.10. The van der Waals surface area contributed by atoms with E-state index in [0.717, 1.165) is 12.8 Å². The van der Waals surface area contributed by atoms with E-state index in [-0.39, 0.29) is 11.6 Å². The van der Waals surface area contributed by atoms with Gasteiger partial charge < -0.3 is 10.4 Å². The van der Waals surface area contributed by atoms with Crippen LogP contribution in [-0.2, 0) is 4.79 Å². The zero-order chi connectivity index (χ0) is 15.5. The van der Waals surface area contributed by atoms with Gasteiger partial charge in [-0.15, -0.1) is 0 Å². The molecule has 0 saturated heterocycles. The molecule has 0 aliphatic carbocycles. The fraction of sp³-hybridized carbons (Fsp3) is 0.562. The fourth-order valence-corrected chi connectivity index (χ4v) is 2.07. The number of hydrogen-bond acceptors (Lipinski definition) is 3. The van der Waals surface area contributed by atoms with Crippen molar-refractivity contribution in [2.45, 2.75) is 58.3 Å². The predicted octanol–water partition coefficient (Wildman–Crippen LogP) is 3.86. The number of amides is 1. The molecular weight excluding hydrogens is 268 g/mol. The molecule has 21 heavy (non-hydrogen) atoms. The van der Waals surface area contributed by atoms with Gasteiger partial charge in [0.2, 0.25) is 5.91 Å². The number of aromatic nitrogens is 1.